The largest absolute Gasteiger partial charge is 0.355 e. The highest BCUT2D eigenvalue weighted by Crippen LogP contribution is 2.24. The van der Waals surface area contributed by atoms with E-state index in [1.54, 1.807) is 12.1 Å². The zero-order chi connectivity index (χ0) is 14.0. The number of rotatable bonds is 2. The van der Waals surface area contributed by atoms with Crippen molar-refractivity contribution in [2.75, 3.05) is 18.0 Å². The van der Waals surface area contributed by atoms with E-state index in [0.29, 0.717) is 18.3 Å². The van der Waals surface area contributed by atoms with E-state index in [4.69, 9.17) is 11.0 Å². The Hall–Kier alpha value is -2.20. The molecule has 7 nitrogen and oxygen atoms in total. The number of nitriles is 1. The van der Waals surface area contributed by atoms with Crippen LogP contribution in [0.4, 0.5) is 11.5 Å². The number of anilines is 1. The van der Waals surface area contributed by atoms with Crippen LogP contribution in [0.25, 0.3) is 0 Å². The Morgan fingerprint density at radius 1 is 1.58 bits per heavy atom. The molecule has 0 radical (unpaired) electrons. The minimum atomic E-state index is -0.597. The van der Waals surface area contributed by atoms with Gasteiger partial charge in [0.25, 0.3) is 0 Å². The van der Waals surface area contributed by atoms with Crippen LogP contribution < -0.4 is 10.6 Å². The van der Waals surface area contributed by atoms with Crippen molar-refractivity contribution in [3.63, 3.8) is 0 Å². The predicted octanol–water partition coefficient (Wildman–Crippen LogP) is 1.03. The Kier molecular flexibility index (Phi) is 3.62. The first-order valence-electron chi connectivity index (χ1n) is 6.07. The van der Waals surface area contributed by atoms with E-state index >= 15 is 0 Å². The molecule has 1 aliphatic rings. The van der Waals surface area contributed by atoms with Gasteiger partial charge in [0.05, 0.1) is 4.92 Å². The van der Waals surface area contributed by atoms with E-state index in [1.165, 1.54) is 6.07 Å². The highest BCUT2D eigenvalue weighted by Gasteiger charge is 2.25. The van der Waals surface area contributed by atoms with Crippen LogP contribution >= 0.6 is 0 Å². The standard InChI is InChI=1S/C12H15N5O2/c1-8-4-9(14)7-16(6-8)12-3-2-11(17(18)19)10(5-13)15-12/h2-3,8-9H,4,6-7,14H2,1H3. The third-order valence-electron chi connectivity index (χ3n) is 3.18. The van der Waals surface area contributed by atoms with Gasteiger partial charge in [-0.05, 0) is 18.4 Å². The lowest BCUT2D eigenvalue weighted by atomic mass is 9.96. The fourth-order valence-corrected chi connectivity index (χ4v) is 2.43. The Morgan fingerprint density at radius 3 is 2.89 bits per heavy atom. The molecule has 1 saturated heterocycles. The summed E-state index contributed by atoms with van der Waals surface area (Å²) in [5.74, 6) is 1.01. The second kappa shape index (κ2) is 5.20. The van der Waals surface area contributed by atoms with Crippen LogP contribution in [-0.4, -0.2) is 29.0 Å². The molecule has 1 fully saturated rings. The van der Waals surface area contributed by atoms with Crippen molar-refractivity contribution in [1.82, 2.24) is 4.98 Å². The summed E-state index contributed by atoms with van der Waals surface area (Å²) >= 11 is 0. The van der Waals surface area contributed by atoms with Crippen molar-refractivity contribution in [3.8, 4) is 6.07 Å². The molecule has 7 heteroatoms. The summed E-state index contributed by atoms with van der Waals surface area (Å²) in [6, 6.07) is 4.73. The number of hydrogen-bond acceptors (Lipinski definition) is 6. The van der Waals surface area contributed by atoms with E-state index in [9.17, 15) is 10.1 Å². The molecule has 100 valence electrons. The molecule has 0 aliphatic carbocycles. The highest BCUT2D eigenvalue weighted by atomic mass is 16.6. The SMILES string of the molecule is CC1CC(N)CN(c2ccc([N+](=O)[O-])c(C#N)n2)C1. The summed E-state index contributed by atoms with van der Waals surface area (Å²) in [7, 11) is 0. The summed E-state index contributed by atoms with van der Waals surface area (Å²) in [4.78, 5) is 16.2. The van der Waals surface area contributed by atoms with Crippen molar-refractivity contribution < 1.29 is 4.92 Å². The molecule has 1 aliphatic heterocycles. The number of nitrogens with two attached hydrogens (primary N) is 1. The third-order valence-corrected chi connectivity index (χ3v) is 3.18. The second-order valence-electron chi connectivity index (χ2n) is 4.91. The van der Waals surface area contributed by atoms with Crippen molar-refractivity contribution in [2.45, 2.75) is 19.4 Å². The van der Waals surface area contributed by atoms with E-state index in [2.05, 4.69) is 11.9 Å². The molecule has 2 unspecified atom stereocenters. The lowest BCUT2D eigenvalue weighted by molar-refractivity contribution is -0.385. The van der Waals surface area contributed by atoms with Gasteiger partial charge >= 0.3 is 5.69 Å². The maximum Gasteiger partial charge on any atom is 0.305 e. The first kappa shape index (κ1) is 13.2. The Bertz CT molecular complexity index is 529. The number of hydrogen-bond donors (Lipinski definition) is 1. The molecule has 0 spiro atoms. The van der Waals surface area contributed by atoms with Gasteiger partial charge in [0.1, 0.15) is 11.9 Å². The van der Waals surface area contributed by atoms with Crippen molar-refractivity contribution in [3.05, 3.63) is 27.9 Å². The average molecular weight is 261 g/mol. The lowest BCUT2D eigenvalue weighted by Gasteiger charge is -2.35. The summed E-state index contributed by atoms with van der Waals surface area (Å²) in [6.07, 6.45) is 0.953. The fourth-order valence-electron chi connectivity index (χ4n) is 2.43. The molecule has 1 aromatic heterocycles. The molecule has 0 saturated carbocycles. The Morgan fingerprint density at radius 2 is 2.32 bits per heavy atom. The first-order valence-corrected chi connectivity index (χ1v) is 6.07. The van der Waals surface area contributed by atoms with Crippen LogP contribution in [0.15, 0.2) is 12.1 Å². The van der Waals surface area contributed by atoms with Gasteiger partial charge in [-0.1, -0.05) is 6.92 Å². The number of pyridine rings is 1. The number of nitro groups is 1. The van der Waals surface area contributed by atoms with E-state index in [0.717, 1.165) is 13.0 Å². The van der Waals surface area contributed by atoms with Crippen LogP contribution in [-0.2, 0) is 0 Å². The second-order valence-corrected chi connectivity index (χ2v) is 4.91. The zero-order valence-electron chi connectivity index (χ0n) is 10.6. The summed E-state index contributed by atoms with van der Waals surface area (Å²) in [5.41, 5.74) is 5.54. The fraction of sp³-hybridized carbons (Fsp3) is 0.500. The molecular weight excluding hydrogens is 246 g/mol. The Labute approximate surface area is 110 Å². The van der Waals surface area contributed by atoms with Gasteiger partial charge in [-0.3, -0.25) is 10.1 Å². The van der Waals surface area contributed by atoms with Crippen molar-refractivity contribution >= 4 is 11.5 Å². The minimum Gasteiger partial charge on any atom is -0.355 e. The third kappa shape index (κ3) is 2.80. The van der Waals surface area contributed by atoms with Gasteiger partial charge in [-0.25, -0.2) is 4.98 Å². The summed E-state index contributed by atoms with van der Waals surface area (Å²) in [6.45, 7) is 3.55. The van der Waals surface area contributed by atoms with Crippen LogP contribution in [0.2, 0.25) is 0 Å². The van der Waals surface area contributed by atoms with Gasteiger partial charge < -0.3 is 10.6 Å². The van der Waals surface area contributed by atoms with Crippen LogP contribution in [0.3, 0.4) is 0 Å². The zero-order valence-corrected chi connectivity index (χ0v) is 10.6. The normalized spacial score (nSPS) is 22.9. The van der Waals surface area contributed by atoms with Gasteiger partial charge in [0, 0.05) is 25.2 Å². The highest BCUT2D eigenvalue weighted by molar-refractivity contribution is 5.51. The van der Waals surface area contributed by atoms with E-state index in [1.807, 2.05) is 4.90 Å². The quantitative estimate of drug-likeness (QED) is 0.629. The first-order chi connectivity index (χ1) is 9.01. The molecule has 2 heterocycles. The van der Waals surface area contributed by atoms with E-state index in [-0.39, 0.29) is 17.4 Å². The molecular formula is C12H15N5O2. The topological polar surface area (TPSA) is 109 Å². The predicted molar refractivity (Wildman–Crippen MR) is 69.6 cm³/mol. The average Bonchev–Trinajstić information content (AvgIpc) is 2.36. The van der Waals surface area contributed by atoms with Gasteiger partial charge in [-0.15, -0.1) is 0 Å². The number of nitrogens with zero attached hydrogens (tertiary/aromatic N) is 4. The lowest BCUT2D eigenvalue weighted by Crippen LogP contribution is -2.46. The van der Waals surface area contributed by atoms with Crippen molar-refractivity contribution in [1.29, 1.82) is 5.26 Å². The summed E-state index contributed by atoms with van der Waals surface area (Å²) < 4.78 is 0. The molecule has 0 amide bonds. The Balaban J connectivity index is 2.31. The molecule has 19 heavy (non-hydrogen) atoms. The summed E-state index contributed by atoms with van der Waals surface area (Å²) in [5, 5.41) is 19.7. The molecule has 2 atom stereocenters. The molecule has 0 bridgehead atoms. The van der Waals surface area contributed by atoms with E-state index < -0.39 is 4.92 Å². The maximum atomic E-state index is 10.8. The smallest absolute Gasteiger partial charge is 0.305 e. The maximum absolute atomic E-state index is 10.8. The van der Waals surface area contributed by atoms with Crippen LogP contribution in [0, 0.1) is 27.4 Å². The molecule has 2 rings (SSSR count). The monoisotopic (exact) mass is 261 g/mol. The molecule has 0 aromatic carbocycles. The van der Waals surface area contributed by atoms with Crippen molar-refractivity contribution in [2.24, 2.45) is 11.7 Å². The number of aromatic nitrogens is 1. The number of piperidine rings is 1. The van der Waals surface area contributed by atoms with Gasteiger partial charge in [0.2, 0.25) is 5.69 Å². The minimum absolute atomic E-state index is 0.0614. The van der Waals surface area contributed by atoms with Gasteiger partial charge in [0.15, 0.2) is 0 Å². The van der Waals surface area contributed by atoms with Gasteiger partial charge in [-0.2, -0.15) is 5.26 Å². The van der Waals surface area contributed by atoms with Crippen LogP contribution in [0.5, 0.6) is 0 Å². The molecule has 1 aromatic rings. The molecule has 2 N–H and O–H groups in total. The van der Waals surface area contributed by atoms with Crippen LogP contribution in [0.1, 0.15) is 19.0 Å².